The molecule has 2 nitrogen and oxygen atoms in total. The average Bonchev–Trinajstić information content (AvgIpc) is 2.56. The molecule has 0 saturated heterocycles. The molecule has 5 heteroatoms. The predicted octanol–water partition coefficient (Wildman–Crippen LogP) is 3.32. The molecular formula is C12H15F3N2. The van der Waals surface area contributed by atoms with Crippen LogP contribution < -0.4 is 0 Å². The zero-order valence-electron chi connectivity index (χ0n) is 10.3. The molecule has 1 heterocycles. The summed E-state index contributed by atoms with van der Waals surface area (Å²) in [6.45, 7) is 7.65. The molecule has 0 N–H and O–H groups in total. The Morgan fingerprint density at radius 2 is 1.88 bits per heavy atom. The van der Waals surface area contributed by atoms with Crippen molar-refractivity contribution < 1.29 is 13.2 Å². The van der Waals surface area contributed by atoms with Crippen LogP contribution in [0.4, 0.5) is 13.2 Å². The molecule has 1 rings (SSSR count). The van der Waals surface area contributed by atoms with Gasteiger partial charge in [0.05, 0.1) is 5.56 Å². The number of aryl methyl sites for hydroxylation is 1. The third kappa shape index (κ3) is 3.81. The molecule has 17 heavy (non-hydrogen) atoms. The lowest BCUT2D eigenvalue weighted by Gasteiger charge is -2.07. The van der Waals surface area contributed by atoms with Crippen molar-refractivity contribution in [1.82, 2.24) is 9.78 Å². The van der Waals surface area contributed by atoms with Gasteiger partial charge >= 0.3 is 6.18 Å². The largest absolute Gasteiger partial charge is 0.436 e. The molecule has 1 aromatic rings. The maximum atomic E-state index is 12.7. The summed E-state index contributed by atoms with van der Waals surface area (Å²) in [5.41, 5.74) is -1.30. The number of alkyl halides is 3. The Balaban J connectivity index is 3.22. The van der Waals surface area contributed by atoms with E-state index in [0.717, 1.165) is 0 Å². The number of nitrogens with zero attached hydrogens (tertiary/aromatic N) is 2. The lowest BCUT2D eigenvalue weighted by molar-refractivity contribution is -0.141. The van der Waals surface area contributed by atoms with Crippen LogP contribution in [0.25, 0.3) is 0 Å². The van der Waals surface area contributed by atoms with E-state index in [1.165, 1.54) is 10.9 Å². The van der Waals surface area contributed by atoms with E-state index in [2.05, 4.69) is 16.9 Å². The Morgan fingerprint density at radius 1 is 1.29 bits per heavy atom. The summed E-state index contributed by atoms with van der Waals surface area (Å²) in [6.07, 6.45) is -3.12. The summed E-state index contributed by atoms with van der Waals surface area (Å²) >= 11 is 0. The molecule has 0 atom stereocenters. The van der Waals surface area contributed by atoms with Crippen LogP contribution in [-0.2, 0) is 12.7 Å². The van der Waals surface area contributed by atoms with Gasteiger partial charge in [-0.05, 0) is 27.7 Å². The first kappa shape index (κ1) is 13.6. The second kappa shape index (κ2) is 4.44. The Bertz CT molecular complexity index is 453. The van der Waals surface area contributed by atoms with Gasteiger partial charge in [0.1, 0.15) is 0 Å². The summed E-state index contributed by atoms with van der Waals surface area (Å²) in [4.78, 5) is 0. The van der Waals surface area contributed by atoms with Crippen molar-refractivity contribution >= 4 is 0 Å². The van der Waals surface area contributed by atoms with Crippen molar-refractivity contribution in [2.45, 2.75) is 40.4 Å². The smallest absolute Gasteiger partial charge is 0.271 e. The highest BCUT2D eigenvalue weighted by Crippen LogP contribution is 2.30. The van der Waals surface area contributed by atoms with Gasteiger partial charge in [0.2, 0.25) is 0 Å². The third-order valence-electron chi connectivity index (χ3n) is 1.93. The summed E-state index contributed by atoms with van der Waals surface area (Å²) < 4.78 is 39.3. The SMILES string of the molecule is CCn1cc(C#CC(C)(C)C)c(C(F)(F)F)n1. The second-order valence-electron chi connectivity index (χ2n) is 4.74. The van der Waals surface area contributed by atoms with Gasteiger partial charge < -0.3 is 0 Å². The van der Waals surface area contributed by atoms with E-state index in [9.17, 15) is 13.2 Å². The van der Waals surface area contributed by atoms with Gasteiger partial charge in [0.25, 0.3) is 0 Å². The lowest BCUT2D eigenvalue weighted by Crippen LogP contribution is -2.09. The summed E-state index contributed by atoms with van der Waals surface area (Å²) in [5, 5.41) is 3.49. The average molecular weight is 244 g/mol. The van der Waals surface area contributed by atoms with Gasteiger partial charge in [0.15, 0.2) is 5.69 Å². The molecule has 0 amide bonds. The second-order valence-corrected chi connectivity index (χ2v) is 4.74. The van der Waals surface area contributed by atoms with Crippen LogP contribution in [0.3, 0.4) is 0 Å². The molecule has 0 aromatic carbocycles. The highest BCUT2D eigenvalue weighted by molar-refractivity contribution is 5.38. The molecule has 0 saturated carbocycles. The minimum atomic E-state index is -4.46. The Labute approximate surface area is 98.8 Å². The van der Waals surface area contributed by atoms with E-state index >= 15 is 0 Å². The zero-order valence-corrected chi connectivity index (χ0v) is 10.3. The quantitative estimate of drug-likeness (QED) is 0.693. The number of hydrogen-bond acceptors (Lipinski definition) is 1. The standard InChI is InChI=1S/C12H15F3N2/c1-5-17-8-9(6-7-11(2,3)4)10(16-17)12(13,14)15/h8H,5H2,1-4H3. The van der Waals surface area contributed by atoms with Crippen LogP contribution >= 0.6 is 0 Å². The van der Waals surface area contributed by atoms with E-state index in [0.29, 0.717) is 6.54 Å². The summed E-state index contributed by atoms with van der Waals surface area (Å²) in [7, 11) is 0. The molecule has 1 aromatic heterocycles. The molecule has 94 valence electrons. The fourth-order valence-electron chi connectivity index (χ4n) is 1.14. The topological polar surface area (TPSA) is 17.8 Å². The molecule has 0 aliphatic carbocycles. The van der Waals surface area contributed by atoms with Crippen molar-refractivity contribution in [3.63, 3.8) is 0 Å². The highest BCUT2D eigenvalue weighted by atomic mass is 19.4. The fourth-order valence-corrected chi connectivity index (χ4v) is 1.14. The van der Waals surface area contributed by atoms with Crippen molar-refractivity contribution in [2.75, 3.05) is 0 Å². The zero-order chi connectivity index (χ0) is 13.3. The number of aromatic nitrogens is 2. The molecule has 0 radical (unpaired) electrons. The van der Waals surface area contributed by atoms with Gasteiger partial charge in [-0.15, -0.1) is 0 Å². The number of hydrogen-bond donors (Lipinski definition) is 0. The van der Waals surface area contributed by atoms with Crippen LogP contribution in [0.1, 0.15) is 39.0 Å². The number of rotatable bonds is 1. The summed E-state index contributed by atoms with van der Waals surface area (Å²) in [6, 6.07) is 0. The van der Waals surface area contributed by atoms with Crippen LogP contribution in [0.2, 0.25) is 0 Å². The van der Waals surface area contributed by atoms with Crippen molar-refractivity contribution in [3.8, 4) is 11.8 Å². The Kier molecular flexibility index (Phi) is 3.56. The van der Waals surface area contributed by atoms with Crippen LogP contribution in [0.5, 0.6) is 0 Å². The molecule has 0 bridgehead atoms. The van der Waals surface area contributed by atoms with Gasteiger partial charge in [-0.25, -0.2) is 0 Å². The van der Waals surface area contributed by atoms with E-state index in [-0.39, 0.29) is 11.0 Å². The first-order valence-corrected chi connectivity index (χ1v) is 5.31. The Morgan fingerprint density at radius 3 is 2.29 bits per heavy atom. The number of halogens is 3. The van der Waals surface area contributed by atoms with Crippen LogP contribution in [0, 0.1) is 17.3 Å². The van der Waals surface area contributed by atoms with Crippen LogP contribution in [0.15, 0.2) is 6.20 Å². The van der Waals surface area contributed by atoms with E-state index in [4.69, 9.17) is 0 Å². The first-order chi connectivity index (χ1) is 7.63. The maximum Gasteiger partial charge on any atom is 0.436 e. The fraction of sp³-hybridized carbons (Fsp3) is 0.583. The minimum Gasteiger partial charge on any atom is -0.271 e. The van der Waals surface area contributed by atoms with Crippen molar-refractivity contribution in [1.29, 1.82) is 0 Å². The monoisotopic (exact) mass is 244 g/mol. The predicted molar refractivity (Wildman–Crippen MR) is 59.2 cm³/mol. The normalized spacial score (nSPS) is 12.2. The van der Waals surface area contributed by atoms with Gasteiger partial charge in [-0.1, -0.05) is 11.8 Å². The van der Waals surface area contributed by atoms with Crippen LogP contribution in [-0.4, -0.2) is 9.78 Å². The van der Waals surface area contributed by atoms with E-state index in [1.807, 2.05) is 20.8 Å². The molecule has 0 fully saturated rings. The maximum absolute atomic E-state index is 12.7. The van der Waals surface area contributed by atoms with E-state index in [1.54, 1.807) is 6.92 Å². The molecule has 0 unspecified atom stereocenters. The van der Waals surface area contributed by atoms with Gasteiger partial charge in [-0.2, -0.15) is 18.3 Å². The third-order valence-corrected chi connectivity index (χ3v) is 1.93. The molecular weight excluding hydrogens is 229 g/mol. The Hall–Kier alpha value is -1.44. The summed E-state index contributed by atoms with van der Waals surface area (Å²) in [5.74, 6) is 5.35. The molecule has 0 aliphatic heterocycles. The van der Waals surface area contributed by atoms with Gasteiger partial charge in [-0.3, -0.25) is 4.68 Å². The van der Waals surface area contributed by atoms with Crippen molar-refractivity contribution in [3.05, 3.63) is 17.5 Å². The van der Waals surface area contributed by atoms with Gasteiger partial charge in [0, 0.05) is 18.2 Å². The molecule has 0 aliphatic rings. The highest BCUT2D eigenvalue weighted by Gasteiger charge is 2.36. The first-order valence-electron chi connectivity index (χ1n) is 5.31. The lowest BCUT2D eigenvalue weighted by atomic mass is 9.97. The minimum absolute atomic E-state index is 0.0609. The van der Waals surface area contributed by atoms with Crippen molar-refractivity contribution in [2.24, 2.45) is 5.41 Å². The molecule has 0 spiro atoms. The van der Waals surface area contributed by atoms with E-state index < -0.39 is 11.9 Å².